The van der Waals surface area contributed by atoms with Crippen molar-refractivity contribution in [2.45, 2.75) is 44.7 Å². The first-order chi connectivity index (χ1) is 15.5. The molecule has 9 heteroatoms. The summed E-state index contributed by atoms with van der Waals surface area (Å²) >= 11 is 0. The first kappa shape index (κ1) is 25.9. The summed E-state index contributed by atoms with van der Waals surface area (Å²) in [5, 5.41) is 0. The SMILES string of the molecule is COc1ccc(NS(=O)(=O)c2ccc(/C=C/C(=O)OCC(=O)N(C(C)C)C(C)C)cc2)cc1. The zero-order valence-electron chi connectivity index (χ0n) is 19.4. The number of rotatable bonds is 10. The van der Waals surface area contributed by atoms with Crippen LogP contribution in [0.3, 0.4) is 0 Å². The normalized spacial score (nSPS) is 11.6. The van der Waals surface area contributed by atoms with Crippen molar-refractivity contribution in [1.82, 2.24) is 4.90 Å². The third kappa shape index (κ3) is 7.64. The number of methoxy groups -OCH3 is 1. The van der Waals surface area contributed by atoms with Crippen LogP contribution in [-0.4, -0.2) is 51.0 Å². The average molecular weight is 475 g/mol. The van der Waals surface area contributed by atoms with E-state index in [0.717, 1.165) is 0 Å². The van der Waals surface area contributed by atoms with Crippen molar-refractivity contribution in [2.24, 2.45) is 0 Å². The van der Waals surface area contributed by atoms with Crippen LogP contribution in [0.5, 0.6) is 5.75 Å². The van der Waals surface area contributed by atoms with Gasteiger partial charge in [-0.1, -0.05) is 12.1 Å². The van der Waals surface area contributed by atoms with Crippen LogP contribution in [0.25, 0.3) is 6.08 Å². The van der Waals surface area contributed by atoms with Gasteiger partial charge in [-0.05, 0) is 75.7 Å². The fourth-order valence-electron chi connectivity index (χ4n) is 3.22. The Morgan fingerprint density at radius 2 is 1.55 bits per heavy atom. The lowest BCUT2D eigenvalue weighted by molar-refractivity contribution is -0.150. The van der Waals surface area contributed by atoms with Crippen LogP contribution in [-0.2, 0) is 24.3 Å². The predicted octanol–water partition coefficient (Wildman–Crippen LogP) is 3.70. The number of anilines is 1. The molecule has 178 valence electrons. The van der Waals surface area contributed by atoms with Gasteiger partial charge < -0.3 is 14.4 Å². The lowest BCUT2D eigenvalue weighted by atomic mass is 10.2. The molecule has 0 aliphatic heterocycles. The molecule has 1 amide bonds. The van der Waals surface area contributed by atoms with Crippen LogP contribution in [0, 0.1) is 0 Å². The van der Waals surface area contributed by atoms with Gasteiger partial charge in [-0.2, -0.15) is 0 Å². The van der Waals surface area contributed by atoms with Crippen molar-refractivity contribution in [3.05, 3.63) is 60.2 Å². The van der Waals surface area contributed by atoms with Gasteiger partial charge in [-0.3, -0.25) is 9.52 Å². The number of ether oxygens (including phenoxy) is 2. The molecule has 0 heterocycles. The third-order valence-electron chi connectivity index (χ3n) is 4.68. The minimum Gasteiger partial charge on any atom is -0.497 e. The number of nitrogens with zero attached hydrogens (tertiary/aromatic N) is 1. The first-order valence-corrected chi connectivity index (χ1v) is 11.9. The molecule has 33 heavy (non-hydrogen) atoms. The lowest BCUT2D eigenvalue weighted by Gasteiger charge is -2.30. The van der Waals surface area contributed by atoms with E-state index in [0.29, 0.717) is 17.0 Å². The first-order valence-electron chi connectivity index (χ1n) is 10.5. The topological polar surface area (TPSA) is 102 Å². The molecule has 0 saturated heterocycles. The molecule has 0 aromatic heterocycles. The molecule has 8 nitrogen and oxygen atoms in total. The number of benzene rings is 2. The number of amides is 1. The largest absolute Gasteiger partial charge is 0.497 e. The van der Waals surface area contributed by atoms with Gasteiger partial charge in [-0.25, -0.2) is 13.2 Å². The number of nitrogens with one attached hydrogen (secondary N) is 1. The molecule has 2 rings (SSSR count). The number of hydrogen-bond acceptors (Lipinski definition) is 6. The molecule has 2 aromatic carbocycles. The number of sulfonamides is 1. The van der Waals surface area contributed by atoms with Crippen molar-refractivity contribution in [1.29, 1.82) is 0 Å². The van der Waals surface area contributed by atoms with E-state index in [2.05, 4.69) is 4.72 Å². The highest BCUT2D eigenvalue weighted by Gasteiger charge is 2.21. The molecule has 0 aliphatic carbocycles. The lowest BCUT2D eigenvalue weighted by Crippen LogP contribution is -2.44. The molecular formula is C24H30N2O6S. The van der Waals surface area contributed by atoms with Crippen LogP contribution in [0.1, 0.15) is 33.3 Å². The highest BCUT2D eigenvalue weighted by atomic mass is 32.2. The average Bonchev–Trinajstić information content (AvgIpc) is 2.76. The summed E-state index contributed by atoms with van der Waals surface area (Å²) in [6, 6.07) is 12.5. The smallest absolute Gasteiger partial charge is 0.331 e. The van der Waals surface area contributed by atoms with Gasteiger partial charge in [0.05, 0.1) is 12.0 Å². The van der Waals surface area contributed by atoms with E-state index < -0.39 is 16.0 Å². The quantitative estimate of drug-likeness (QED) is 0.416. The Labute approximate surface area is 195 Å². The van der Waals surface area contributed by atoms with Gasteiger partial charge in [0.2, 0.25) is 0 Å². The van der Waals surface area contributed by atoms with Gasteiger partial charge in [-0.15, -0.1) is 0 Å². The van der Waals surface area contributed by atoms with Crippen molar-refractivity contribution < 1.29 is 27.5 Å². The number of hydrogen-bond donors (Lipinski definition) is 1. The zero-order valence-corrected chi connectivity index (χ0v) is 20.3. The van der Waals surface area contributed by atoms with E-state index in [1.807, 2.05) is 27.7 Å². The summed E-state index contributed by atoms with van der Waals surface area (Å²) in [5.41, 5.74) is 1.01. The highest BCUT2D eigenvalue weighted by molar-refractivity contribution is 7.92. The van der Waals surface area contributed by atoms with E-state index in [4.69, 9.17) is 9.47 Å². The summed E-state index contributed by atoms with van der Waals surface area (Å²) in [6.45, 7) is 7.26. The summed E-state index contributed by atoms with van der Waals surface area (Å²) in [6.07, 6.45) is 2.68. The summed E-state index contributed by atoms with van der Waals surface area (Å²) in [7, 11) is -2.24. The van der Waals surface area contributed by atoms with Gasteiger partial charge in [0.25, 0.3) is 15.9 Å². The van der Waals surface area contributed by atoms with Crippen LogP contribution in [0.2, 0.25) is 0 Å². The Morgan fingerprint density at radius 3 is 2.06 bits per heavy atom. The second kappa shape index (κ2) is 11.5. The monoisotopic (exact) mass is 474 g/mol. The molecule has 0 radical (unpaired) electrons. The van der Waals surface area contributed by atoms with E-state index in [9.17, 15) is 18.0 Å². The maximum atomic E-state index is 12.6. The van der Waals surface area contributed by atoms with E-state index in [-0.39, 0.29) is 29.5 Å². The number of carbonyl (C=O) groups excluding carboxylic acids is 2. The molecule has 1 N–H and O–H groups in total. The fraction of sp³-hybridized carbons (Fsp3) is 0.333. The maximum absolute atomic E-state index is 12.6. The minimum atomic E-state index is -3.77. The van der Waals surface area contributed by atoms with Crippen LogP contribution < -0.4 is 9.46 Å². The van der Waals surface area contributed by atoms with Gasteiger partial charge >= 0.3 is 5.97 Å². The van der Waals surface area contributed by atoms with Crippen LogP contribution >= 0.6 is 0 Å². The molecule has 0 unspecified atom stereocenters. The summed E-state index contributed by atoms with van der Waals surface area (Å²) < 4.78 is 37.7. The maximum Gasteiger partial charge on any atom is 0.331 e. The summed E-state index contributed by atoms with van der Waals surface area (Å²) in [4.78, 5) is 25.9. The Balaban J connectivity index is 1.96. The Morgan fingerprint density at radius 1 is 0.970 bits per heavy atom. The highest BCUT2D eigenvalue weighted by Crippen LogP contribution is 2.20. The van der Waals surface area contributed by atoms with Crippen LogP contribution in [0.4, 0.5) is 5.69 Å². The van der Waals surface area contributed by atoms with Crippen LogP contribution in [0.15, 0.2) is 59.5 Å². The molecule has 0 spiro atoms. The van der Waals surface area contributed by atoms with Gasteiger partial charge in [0.1, 0.15) is 5.75 Å². The molecular weight excluding hydrogens is 444 g/mol. The second-order valence-electron chi connectivity index (χ2n) is 7.83. The zero-order chi connectivity index (χ0) is 24.6. The van der Waals surface area contributed by atoms with E-state index in [1.54, 1.807) is 41.3 Å². The molecule has 0 saturated carbocycles. The molecule has 2 aromatic rings. The third-order valence-corrected chi connectivity index (χ3v) is 6.08. The minimum absolute atomic E-state index is 0.000692. The fourth-order valence-corrected chi connectivity index (χ4v) is 4.28. The number of esters is 1. The second-order valence-corrected chi connectivity index (χ2v) is 9.51. The Hall–Kier alpha value is -3.33. The van der Waals surface area contributed by atoms with E-state index >= 15 is 0 Å². The van der Waals surface area contributed by atoms with Crippen molar-refractivity contribution in [2.75, 3.05) is 18.4 Å². The molecule has 0 aliphatic rings. The van der Waals surface area contributed by atoms with Crippen molar-refractivity contribution >= 4 is 33.7 Å². The summed E-state index contributed by atoms with van der Waals surface area (Å²) in [5.74, 6) is -0.302. The Kier molecular flexibility index (Phi) is 9.04. The molecule has 0 bridgehead atoms. The van der Waals surface area contributed by atoms with Crippen molar-refractivity contribution in [3.63, 3.8) is 0 Å². The molecule has 0 fully saturated rings. The van der Waals surface area contributed by atoms with Gasteiger partial charge in [0, 0.05) is 23.8 Å². The molecule has 0 atom stereocenters. The number of carbonyl (C=O) groups is 2. The Bertz CT molecular complexity index is 1070. The standard InChI is InChI=1S/C24H30N2O6S/c1-17(2)26(18(3)4)23(27)16-32-24(28)15-8-19-6-13-22(14-7-19)33(29,30)25-20-9-11-21(31-5)12-10-20/h6-15,17-18,25H,16H2,1-5H3/b15-8+. The van der Waals surface area contributed by atoms with Gasteiger partial charge in [0.15, 0.2) is 6.61 Å². The van der Waals surface area contributed by atoms with E-state index in [1.165, 1.54) is 31.4 Å². The predicted molar refractivity (Wildman–Crippen MR) is 127 cm³/mol. The van der Waals surface area contributed by atoms with Crippen molar-refractivity contribution in [3.8, 4) is 5.75 Å².